The number of fused-ring (bicyclic) bond motifs is 1. The van der Waals surface area contributed by atoms with Crippen molar-refractivity contribution in [3.05, 3.63) is 18.2 Å². The molecule has 3 heterocycles. The van der Waals surface area contributed by atoms with Crippen LogP contribution in [0, 0.1) is 5.92 Å². The molecule has 0 bridgehead atoms. The van der Waals surface area contributed by atoms with Gasteiger partial charge in [-0.1, -0.05) is 0 Å². The van der Waals surface area contributed by atoms with Crippen molar-refractivity contribution >= 4 is 27.5 Å². The molecule has 2 fully saturated rings. The minimum absolute atomic E-state index is 0.141. The van der Waals surface area contributed by atoms with Crippen molar-refractivity contribution in [3.63, 3.8) is 0 Å². The van der Waals surface area contributed by atoms with Crippen LogP contribution >= 0.6 is 0 Å². The van der Waals surface area contributed by atoms with Gasteiger partial charge in [0.05, 0.1) is 10.6 Å². The highest BCUT2D eigenvalue weighted by molar-refractivity contribution is 7.89. The van der Waals surface area contributed by atoms with Crippen molar-refractivity contribution in [3.8, 4) is 5.75 Å². The van der Waals surface area contributed by atoms with Crippen molar-refractivity contribution in [2.45, 2.75) is 43.6 Å². The van der Waals surface area contributed by atoms with Crippen LogP contribution in [0.1, 0.15) is 32.6 Å². The fraction of sp³-hybridized carbons (Fsp3) is 0.579. The fourth-order valence-corrected chi connectivity index (χ4v) is 5.68. The molecule has 3 aliphatic heterocycles. The van der Waals surface area contributed by atoms with Crippen LogP contribution in [0.2, 0.25) is 0 Å². The third-order valence-electron chi connectivity index (χ3n) is 5.65. The zero-order valence-electron chi connectivity index (χ0n) is 15.9. The minimum Gasteiger partial charge on any atom is -0.479 e. The smallest absolute Gasteiger partial charge is 0.265 e. The number of carbonyl (C=O) groups is 2. The topological polar surface area (TPSA) is 96.0 Å². The van der Waals surface area contributed by atoms with E-state index in [2.05, 4.69) is 5.32 Å². The van der Waals surface area contributed by atoms with Gasteiger partial charge in [0, 0.05) is 32.6 Å². The lowest BCUT2D eigenvalue weighted by atomic mass is 9.99. The van der Waals surface area contributed by atoms with Gasteiger partial charge in [0.2, 0.25) is 15.9 Å². The Morgan fingerprint density at radius 1 is 1.21 bits per heavy atom. The lowest BCUT2D eigenvalue weighted by molar-refractivity contribution is -0.128. The molecule has 152 valence electrons. The van der Waals surface area contributed by atoms with Crippen LogP contribution in [-0.4, -0.2) is 61.7 Å². The second kappa shape index (κ2) is 7.36. The van der Waals surface area contributed by atoms with Crippen molar-refractivity contribution in [1.29, 1.82) is 0 Å². The first-order valence-corrected chi connectivity index (χ1v) is 11.2. The molecule has 0 aromatic heterocycles. The lowest BCUT2D eigenvalue weighted by Gasteiger charge is -2.34. The van der Waals surface area contributed by atoms with E-state index in [1.54, 1.807) is 13.0 Å². The molecule has 1 aromatic carbocycles. The molecule has 0 radical (unpaired) electrons. The van der Waals surface area contributed by atoms with Crippen molar-refractivity contribution < 1.29 is 22.7 Å². The number of hydrogen-bond donors (Lipinski definition) is 1. The number of sulfonamides is 1. The molecule has 8 nitrogen and oxygen atoms in total. The second-order valence-corrected chi connectivity index (χ2v) is 9.66. The van der Waals surface area contributed by atoms with Crippen molar-refractivity contribution in [2.75, 3.05) is 31.5 Å². The van der Waals surface area contributed by atoms with Crippen LogP contribution in [0.4, 0.5) is 5.69 Å². The van der Waals surface area contributed by atoms with E-state index in [0.29, 0.717) is 37.5 Å². The Hall–Kier alpha value is -2.13. The Labute approximate surface area is 164 Å². The van der Waals surface area contributed by atoms with E-state index in [9.17, 15) is 18.0 Å². The Bertz CT molecular complexity index is 901. The molecule has 3 aliphatic rings. The number of piperidine rings is 1. The minimum atomic E-state index is -3.68. The summed E-state index contributed by atoms with van der Waals surface area (Å²) in [6.07, 6.45) is 2.56. The molecular weight excluding hydrogens is 382 g/mol. The summed E-state index contributed by atoms with van der Waals surface area (Å²) in [7, 11) is -3.68. The number of anilines is 1. The third-order valence-corrected chi connectivity index (χ3v) is 7.51. The summed E-state index contributed by atoms with van der Waals surface area (Å²) < 4.78 is 33.3. The first-order valence-electron chi connectivity index (χ1n) is 9.74. The summed E-state index contributed by atoms with van der Waals surface area (Å²) >= 11 is 0. The molecule has 2 amide bonds. The fourth-order valence-electron chi connectivity index (χ4n) is 4.10. The van der Waals surface area contributed by atoms with Gasteiger partial charge in [-0.3, -0.25) is 9.59 Å². The van der Waals surface area contributed by atoms with Crippen LogP contribution < -0.4 is 10.1 Å². The molecule has 1 aromatic rings. The number of amides is 2. The van der Waals surface area contributed by atoms with Gasteiger partial charge >= 0.3 is 0 Å². The monoisotopic (exact) mass is 407 g/mol. The lowest BCUT2D eigenvalue weighted by Crippen LogP contribution is -2.44. The van der Waals surface area contributed by atoms with Crippen molar-refractivity contribution in [1.82, 2.24) is 9.21 Å². The zero-order chi connectivity index (χ0) is 19.9. The molecule has 4 rings (SSSR count). The number of rotatable bonds is 4. The Morgan fingerprint density at radius 3 is 2.79 bits per heavy atom. The van der Waals surface area contributed by atoms with Gasteiger partial charge in [-0.05, 0) is 50.3 Å². The average molecular weight is 407 g/mol. The quantitative estimate of drug-likeness (QED) is 0.815. The van der Waals surface area contributed by atoms with Crippen molar-refractivity contribution in [2.24, 2.45) is 5.92 Å². The number of nitrogens with zero attached hydrogens (tertiary/aromatic N) is 2. The summed E-state index contributed by atoms with van der Waals surface area (Å²) in [6, 6.07) is 4.57. The first kappa shape index (κ1) is 19.2. The Balaban J connectivity index is 1.50. The predicted octanol–water partition coefficient (Wildman–Crippen LogP) is 1.43. The summed E-state index contributed by atoms with van der Waals surface area (Å²) in [5.41, 5.74) is 0.375. The third kappa shape index (κ3) is 3.60. The van der Waals surface area contributed by atoms with Gasteiger partial charge in [0.25, 0.3) is 5.91 Å². The van der Waals surface area contributed by atoms with Gasteiger partial charge in [0.1, 0.15) is 5.75 Å². The second-order valence-electron chi connectivity index (χ2n) is 7.72. The zero-order valence-corrected chi connectivity index (χ0v) is 16.7. The maximum atomic E-state index is 13.2. The number of carbonyl (C=O) groups excluding carboxylic acids is 2. The van der Waals surface area contributed by atoms with E-state index in [4.69, 9.17) is 4.74 Å². The molecule has 0 aliphatic carbocycles. The van der Waals surface area contributed by atoms with E-state index in [1.165, 1.54) is 16.4 Å². The molecule has 2 saturated heterocycles. The molecule has 0 saturated carbocycles. The summed E-state index contributed by atoms with van der Waals surface area (Å²) in [5.74, 6) is 0.484. The van der Waals surface area contributed by atoms with Crippen LogP contribution in [0.15, 0.2) is 23.1 Å². The maximum Gasteiger partial charge on any atom is 0.265 e. The van der Waals surface area contributed by atoms with Gasteiger partial charge in [-0.25, -0.2) is 8.42 Å². The highest BCUT2D eigenvalue weighted by Gasteiger charge is 2.33. The predicted molar refractivity (Wildman–Crippen MR) is 102 cm³/mol. The average Bonchev–Trinajstić information content (AvgIpc) is 3.07. The highest BCUT2D eigenvalue weighted by Crippen LogP contribution is 2.33. The molecule has 9 heteroatoms. The molecule has 0 unspecified atom stereocenters. The number of hydrogen-bond acceptors (Lipinski definition) is 5. The van der Waals surface area contributed by atoms with Gasteiger partial charge in [0.15, 0.2) is 6.10 Å². The normalized spacial score (nSPS) is 26.0. The van der Waals surface area contributed by atoms with Crippen LogP contribution in [0.3, 0.4) is 0 Å². The molecule has 2 atom stereocenters. The van der Waals surface area contributed by atoms with Crippen LogP contribution in [0.25, 0.3) is 0 Å². The van der Waals surface area contributed by atoms with E-state index >= 15 is 0 Å². The van der Waals surface area contributed by atoms with Gasteiger partial charge in [-0.2, -0.15) is 4.31 Å². The number of benzene rings is 1. The standard InChI is InChI=1S/C19H25N3O5S/c1-13-19(24)20-16-10-15(6-7-17(16)27-13)28(25,26)22-9-2-4-14(12-22)11-21-8-3-5-18(21)23/h6-7,10,13-14H,2-5,8-9,11-12H2,1H3,(H,20,24)/t13-,14+/m1/s1. The molecular formula is C19H25N3O5S. The van der Waals surface area contributed by atoms with E-state index in [1.807, 2.05) is 4.90 Å². The van der Waals surface area contributed by atoms with E-state index in [0.717, 1.165) is 25.8 Å². The van der Waals surface area contributed by atoms with Crippen LogP contribution in [0.5, 0.6) is 5.75 Å². The number of ether oxygens (including phenoxy) is 1. The maximum absolute atomic E-state index is 13.2. The molecule has 28 heavy (non-hydrogen) atoms. The Morgan fingerprint density at radius 2 is 2.04 bits per heavy atom. The summed E-state index contributed by atoms with van der Waals surface area (Å²) in [4.78, 5) is 25.7. The summed E-state index contributed by atoms with van der Waals surface area (Å²) in [5, 5.41) is 2.70. The number of likely N-dealkylation sites (tertiary alicyclic amines) is 1. The first-order chi connectivity index (χ1) is 13.3. The largest absolute Gasteiger partial charge is 0.479 e. The Kier molecular flexibility index (Phi) is 5.05. The van der Waals surface area contributed by atoms with E-state index < -0.39 is 16.1 Å². The summed E-state index contributed by atoms with van der Waals surface area (Å²) in [6.45, 7) is 3.90. The highest BCUT2D eigenvalue weighted by atomic mass is 32.2. The van der Waals surface area contributed by atoms with Gasteiger partial charge < -0.3 is 15.0 Å². The van der Waals surface area contributed by atoms with E-state index in [-0.39, 0.29) is 22.6 Å². The number of nitrogens with one attached hydrogen (secondary N) is 1. The van der Waals surface area contributed by atoms with Gasteiger partial charge in [-0.15, -0.1) is 0 Å². The molecule has 0 spiro atoms. The molecule has 1 N–H and O–H groups in total. The van der Waals surface area contributed by atoms with Crippen LogP contribution in [-0.2, 0) is 19.6 Å². The SMILES string of the molecule is C[C@H]1Oc2ccc(S(=O)(=O)N3CCC[C@@H](CN4CCCC4=O)C3)cc2NC1=O.